The number of sulfonamides is 1. The minimum absolute atomic E-state index is 0.0256. The molecule has 0 saturated heterocycles. The molecule has 0 aromatic rings. The number of carboxylic acids is 1. The molecule has 7 heteroatoms. The van der Waals surface area contributed by atoms with E-state index in [-0.39, 0.29) is 12.2 Å². The average Bonchev–Trinajstić information content (AvgIpc) is 2.64. The second-order valence-electron chi connectivity index (χ2n) is 4.83. The largest absolute Gasteiger partial charge is 0.481 e. The van der Waals surface area contributed by atoms with Gasteiger partial charge in [0.15, 0.2) is 0 Å². The van der Waals surface area contributed by atoms with Gasteiger partial charge in [0, 0.05) is 19.3 Å². The summed E-state index contributed by atoms with van der Waals surface area (Å²) in [6, 6.07) is 0. The lowest BCUT2D eigenvalue weighted by Crippen LogP contribution is -2.48. The first-order valence-electron chi connectivity index (χ1n) is 6.12. The second-order valence-corrected chi connectivity index (χ2v) is 6.67. The highest BCUT2D eigenvalue weighted by atomic mass is 32.2. The molecular formula is C11H21NO5S. The molecule has 0 amide bonds. The highest BCUT2D eigenvalue weighted by Crippen LogP contribution is 2.33. The molecule has 1 rings (SSSR count). The van der Waals surface area contributed by atoms with Crippen LogP contribution in [0.15, 0.2) is 0 Å². The van der Waals surface area contributed by atoms with Crippen LogP contribution in [0, 0.1) is 0 Å². The Bertz CT molecular complexity index is 373. The number of aliphatic carboxylic acids is 1. The third-order valence-corrected chi connectivity index (χ3v) is 4.75. The van der Waals surface area contributed by atoms with Crippen molar-refractivity contribution in [2.24, 2.45) is 0 Å². The van der Waals surface area contributed by atoms with Crippen molar-refractivity contribution in [2.75, 3.05) is 19.5 Å². The van der Waals surface area contributed by atoms with Crippen molar-refractivity contribution in [3.8, 4) is 0 Å². The summed E-state index contributed by atoms with van der Waals surface area (Å²) in [6.45, 7) is 0.382. The molecule has 0 aromatic carbocycles. The fraction of sp³-hybridized carbons (Fsp3) is 0.909. The molecule has 0 spiro atoms. The summed E-state index contributed by atoms with van der Waals surface area (Å²) >= 11 is 0. The van der Waals surface area contributed by atoms with Gasteiger partial charge in [-0.1, -0.05) is 12.8 Å². The van der Waals surface area contributed by atoms with Crippen molar-refractivity contribution in [2.45, 2.75) is 44.1 Å². The van der Waals surface area contributed by atoms with E-state index < -0.39 is 21.5 Å². The van der Waals surface area contributed by atoms with Crippen molar-refractivity contribution in [3.05, 3.63) is 0 Å². The third-order valence-electron chi connectivity index (χ3n) is 3.18. The van der Waals surface area contributed by atoms with Crippen LogP contribution >= 0.6 is 0 Å². The van der Waals surface area contributed by atoms with E-state index in [1.165, 1.54) is 7.11 Å². The topological polar surface area (TPSA) is 92.7 Å². The van der Waals surface area contributed by atoms with E-state index in [9.17, 15) is 13.2 Å². The van der Waals surface area contributed by atoms with Gasteiger partial charge in [0.05, 0.1) is 12.2 Å². The summed E-state index contributed by atoms with van der Waals surface area (Å²) in [5.41, 5.74) is -0.780. The van der Waals surface area contributed by atoms with Crippen molar-refractivity contribution in [1.29, 1.82) is 0 Å². The SMILES string of the molecule is COCCCS(=O)(=O)NC1(CC(=O)O)CCCC1. The zero-order valence-electron chi connectivity index (χ0n) is 10.6. The molecule has 1 aliphatic carbocycles. The number of nitrogens with one attached hydrogen (secondary N) is 1. The number of methoxy groups -OCH3 is 1. The molecule has 0 aromatic heterocycles. The molecule has 0 heterocycles. The summed E-state index contributed by atoms with van der Waals surface area (Å²) in [5.74, 6) is -0.987. The highest BCUT2D eigenvalue weighted by molar-refractivity contribution is 7.89. The lowest BCUT2D eigenvalue weighted by Gasteiger charge is -2.28. The molecule has 6 nitrogen and oxygen atoms in total. The van der Waals surface area contributed by atoms with E-state index in [0.29, 0.717) is 25.9 Å². The summed E-state index contributed by atoms with van der Waals surface area (Å²) < 4.78 is 31.2. The van der Waals surface area contributed by atoms with Crippen LogP contribution < -0.4 is 4.72 Å². The molecule has 1 fully saturated rings. The number of rotatable bonds is 8. The number of carbonyl (C=O) groups is 1. The Morgan fingerprint density at radius 2 is 2.00 bits per heavy atom. The first kappa shape index (κ1) is 15.4. The quantitative estimate of drug-likeness (QED) is 0.639. The smallest absolute Gasteiger partial charge is 0.305 e. The van der Waals surface area contributed by atoms with Crippen LogP contribution in [0.4, 0.5) is 0 Å². The summed E-state index contributed by atoms with van der Waals surface area (Å²) in [6.07, 6.45) is 3.21. The molecule has 1 saturated carbocycles. The number of hydrogen-bond donors (Lipinski definition) is 2. The molecule has 0 unspecified atom stereocenters. The van der Waals surface area contributed by atoms with Crippen molar-refractivity contribution in [3.63, 3.8) is 0 Å². The van der Waals surface area contributed by atoms with Crippen LogP contribution in [0.5, 0.6) is 0 Å². The van der Waals surface area contributed by atoms with Crippen LogP contribution in [0.1, 0.15) is 38.5 Å². The normalized spacial score (nSPS) is 18.9. The fourth-order valence-corrected chi connectivity index (χ4v) is 3.97. The second kappa shape index (κ2) is 6.49. The van der Waals surface area contributed by atoms with Crippen LogP contribution in [0.2, 0.25) is 0 Å². The molecule has 0 bridgehead atoms. The monoisotopic (exact) mass is 279 g/mol. The molecule has 2 N–H and O–H groups in total. The Labute approximate surface area is 108 Å². The van der Waals surface area contributed by atoms with Crippen LogP contribution in [0.3, 0.4) is 0 Å². The predicted molar refractivity (Wildman–Crippen MR) is 66.9 cm³/mol. The Balaban J connectivity index is 2.62. The lowest BCUT2D eigenvalue weighted by molar-refractivity contribution is -0.138. The third kappa shape index (κ3) is 4.91. The lowest BCUT2D eigenvalue weighted by atomic mass is 9.95. The molecule has 106 valence electrons. The minimum atomic E-state index is -3.43. The van der Waals surface area contributed by atoms with Crippen molar-refractivity contribution in [1.82, 2.24) is 4.72 Å². The van der Waals surface area contributed by atoms with Gasteiger partial charge in [-0.2, -0.15) is 0 Å². The standard InChI is InChI=1S/C11H21NO5S/c1-17-7-4-8-18(15,16)12-11(9-10(13)14)5-2-3-6-11/h12H,2-9H2,1H3,(H,13,14). The van der Waals surface area contributed by atoms with Gasteiger partial charge in [-0.25, -0.2) is 13.1 Å². The van der Waals surface area contributed by atoms with E-state index in [4.69, 9.17) is 9.84 Å². The van der Waals surface area contributed by atoms with Gasteiger partial charge in [0.25, 0.3) is 0 Å². The van der Waals surface area contributed by atoms with E-state index in [1.807, 2.05) is 0 Å². The Hall–Kier alpha value is -0.660. The van der Waals surface area contributed by atoms with Gasteiger partial charge in [-0.15, -0.1) is 0 Å². The zero-order chi connectivity index (χ0) is 13.6. The van der Waals surface area contributed by atoms with Crippen LogP contribution in [-0.4, -0.2) is 44.5 Å². The Kier molecular flexibility index (Phi) is 5.55. The van der Waals surface area contributed by atoms with Gasteiger partial charge in [0.2, 0.25) is 10.0 Å². The van der Waals surface area contributed by atoms with Crippen molar-refractivity contribution < 1.29 is 23.1 Å². The Morgan fingerprint density at radius 3 is 2.50 bits per heavy atom. The van der Waals surface area contributed by atoms with Gasteiger partial charge in [-0.05, 0) is 19.3 Å². The molecule has 18 heavy (non-hydrogen) atoms. The Morgan fingerprint density at radius 1 is 1.39 bits per heavy atom. The fourth-order valence-electron chi connectivity index (χ4n) is 2.43. The molecule has 1 aliphatic rings. The van der Waals surface area contributed by atoms with Gasteiger partial charge < -0.3 is 9.84 Å². The molecule has 0 atom stereocenters. The maximum Gasteiger partial charge on any atom is 0.305 e. The van der Waals surface area contributed by atoms with Crippen LogP contribution in [-0.2, 0) is 19.6 Å². The van der Waals surface area contributed by atoms with Gasteiger partial charge in [0.1, 0.15) is 0 Å². The summed E-state index contributed by atoms with van der Waals surface area (Å²) in [7, 11) is -1.92. The van der Waals surface area contributed by atoms with E-state index in [0.717, 1.165) is 12.8 Å². The number of carboxylic acid groups (broad SMARTS) is 1. The predicted octanol–water partition coefficient (Wildman–Crippen LogP) is 0.730. The number of hydrogen-bond acceptors (Lipinski definition) is 4. The van der Waals surface area contributed by atoms with E-state index >= 15 is 0 Å². The van der Waals surface area contributed by atoms with Crippen LogP contribution in [0.25, 0.3) is 0 Å². The average molecular weight is 279 g/mol. The summed E-state index contributed by atoms with van der Waals surface area (Å²) in [5, 5.41) is 8.90. The highest BCUT2D eigenvalue weighted by Gasteiger charge is 2.39. The molecule has 0 aliphatic heterocycles. The first-order chi connectivity index (χ1) is 8.39. The van der Waals surface area contributed by atoms with Crippen molar-refractivity contribution >= 4 is 16.0 Å². The maximum absolute atomic E-state index is 11.9. The van der Waals surface area contributed by atoms with E-state index in [2.05, 4.69) is 4.72 Å². The summed E-state index contributed by atoms with van der Waals surface area (Å²) in [4.78, 5) is 10.9. The first-order valence-corrected chi connectivity index (χ1v) is 7.77. The zero-order valence-corrected chi connectivity index (χ0v) is 11.5. The minimum Gasteiger partial charge on any atom is -0.481 e. The number of ether oxygens (including phenoxy) is 1. The van der Waals surface area contributed by atoms with Gasteiger partial charge in [-0.3, -0.25) is 4.79 Å². The van der Waals surface area contributed by atoms with E-state index in [1.54, 1.807) is 0 Å². The molecule has 0 radical (unpaired) electrons. The van der Waals surface area contributed by atoms with Gasteiger partial charge >= 0.3 is 5.97 Å². The molecular weight excluding hydrogens is 258 g/mol. The maximum atomic E-state index is 11.9.